The normalized spacial score (nSPS) is 47.7. The van der Waals surface area contributed by atoms with Gasteiger partial charge < -0.3 is 10.2 Å². The molecule has 0 bridgehead atoms. The first-order valence-corrected chi connectivity index (χ1v) is 9.66. The van der Waals surface area contributed by atoms with Crippen molar-refractivity contribution in [1.82, 2.24) is 0 Å². The lowest BCUT2D eigenvalue weighted by Crippen LogP contribution is -2.61. The van der Waals surface area contributed by atoms with E-state index in [1.54, 1.807) is 19.9 Å². The van der Waals surface area contributed by atoms with Crippen molar-refractivity contribution in [3.05, 3.63) is 11.6 Å². The van der Waals surface area contributed by atoms with Gasteiger partial charge in [-0.15, -0.1) is 0 Å². The maximum atomic E-state index is 13.6. The molecule has 2 N–H and O–H groups in total. The summed E-state index contributed by atoms with van der Waals surface area (Å²) in [5.41, 5.74) is -0.926. The summed E-state index contributed by atoms with van der Waals surface area (Å²) in [7, 11) is 0. The first-order valence-electron chi connectivity index (χ1n) is 9.66. The van der Waals surface area contributed by atoms with Crippen LogP contribution in [0.25, 0.3) is 0 Å². The Morgan fingerprint density at radius 2 is 1.77 bits per heavy atom. The van der Waals surface area contributed by atoms with Crippen molar-refractivity contribution in [3.63, 3.8) is 0 Å². The molecule has 3 saturated carbocycles. The summed E-state index contributed by atoms with van der Waals surface area (Å²) in [5.74, 6) is -3.73. The molecule has 4 rings (SSSR count). The summed E-state index contributed by atoms with van der Waals surface area (Å²) in [4.78, 5) is 11.9. The number of hydrogen-bond acceptors (Lipinski definition) is 3. The summed E-state index contributed by atoms with van der Waals surface area (Å²) >= 11 is 0. The highest BCUT2D eigenvalue weighted by atomic mass is 19.4. The lowest BCUT2D eigenvalue weighted by molar-refractivity contribution is -0.268. The van der Waals surface area contributed by atoms with Crippen LogP contribution in [0.15, 0.2) is 11.6 Å². The van der Waals surface area contributed by atoms with Crippen LogP contribution in [-0.4, -0.2) is 28.0 Å². The van der Waals surface area contributed by atoms with Crippen LogP contribution in [0.4, 0.5) is 13.2 Å². The molecular formula is C20H27F3O3. The molecule has 6 heteroatoms. The van der Waals surface area contributed by atoms with Crippen molar-refractivity contribution >= 4 is 5.78 Å². The van der Waals surface area contributed by atoms with Crippen LogP contribution in [0, 0.1) is 34.5 Å². The zero-order valence-electron chi connectivity index (χ0n) is 15.3. The average molecular weight is 372 g/mol. The van der Waals surface area contributed by atoms with Gasteiger partial charge in [-0.05, 0) is 67.8 Å². The fourth-order valence-corrected chi connectivity index (χ4v) is 7.21. The Hall–Kier alpha value is -0.880. The number of fused-ring (bicyclic) bond motifs is 5. The first-order chi connectivity index (χ1) is 11.9. The van der Waals surface area contributed by atoms with Crippen molar-refractivity contribution in [1.29, 1.82) is 0 Å². The summed E-state index contributed by atoms with van der Waals surface area (Å²) in [6.07, 6.45) is 0.0932. The fraction of sp³-hybridized carbons (Fsp3) is 0.850. The third kappa shape index (κ3) is 2.24. The Labute approximate surface area is 151 Å². The molecule has 0 aromatic carbocycles. The van der Waals surface area contributed by atoms with E-state index < -0.39 is 28.7 Å². The highest BCUT2D eigenvalue weighted by Gasteiger charge is 2.67. The largest absolute Gasteiger partial charge is 0.392 e. The minimum absolute atomic E-state index is 0.0420. The van der Waals surface area contributed by atoms with Crippen molar-refractivity contribution in [2.24, 2.45) is 34.5 Å². The molecule has 26 heavy (non-hydrogen) atoms. The van der Waals surface area contributed by atoms with Crippen LogP contribution in [0.5, 0.6) is 0 Å². The Morgan fingerprint density at radius 1 is 1.08 bits per heavy atom. The predicted molar refractivity (Wildman–Crippen MR) is 88.8 cm³/mol. The molecule has 0 amide bonds. The van der Waals surface area contributed by atoms with E-state index in [-0.39, 0.29) is 36.4 Å². The van der Waals surface area contributed by atoms with Crippen LogP contribution in [0.2, 0.25) is 0 Å². The SMILES string of the molecule is C[C@]12CC[C@H]3[C@@H](CCC4=CC(=O)CC(O)(O)[C@@]43C)[C@@H]1CC[C@H]2C(F)(F)F. The molecular weight excluding hydrogens is 345 g/mol. The van der Waals surface area contributed by atoms with Gasteiger partial charge in [0.2, 0.25) is 0 Å². The van der Waals surface area contributed by atoms with E-state index in [2.05, 4.69) is 0 Å². The number of halogens is 3. The molecule has 0 radical (unpaired) electrons. The van der Waals surface area contributed by atoms with Gasteiger partial charge in [-0.2, -0.15) is 13.2 Å². The number of alkyl halides is 3. The molecule has 6 atom stereocenters. The van der Waals surface area contributed by atoms with E-state index in [1.165, 1.54) is 0 Å². The molecule has 146 valence electrons. The maximum absolute atomic E-state index is 13.6. The fourth-order valence-electron chi connectivity index (χ4n) is 7.21. The molecule has 0 spiro atoms. The molecule has 4 aliphatic carbocycles. The molecule has 0 aliphatic heterocycles. The quantitative estimate of drug-likeness (QED) is 0.632. The summed E-state index contributed by atoms with van der Waals surface area (Å²) in [5, 5.41) is 21.5. The van der Waals surface area contributed by atoms with E-state index in [0.29, 0.717) is 25.7 Å². The number of carbonyl (C=O) groups is 1. The number of ketones is 1. The maximum Gasteiger partial charge on any atom is 0.392 e. The molecule has 3 nitrogen and oxygen atoms in total. The Morgan fingerprint density at radius 3 is 2.42 bits per heavy atom. The van der Waals surface area contributed by atoms with Crippen molar-refractivity contribution in [2.75, 3.05) is 0 Å². The monoisotopic (exact) mass is 372 g/mol. The van der Waals surface area contributed by atoms with Gasteiger partial charge in [0.1, 0.15) is 0 Å². The van der Waals surface area contributed by atoms with Crippen molar-refractivity contribution in [3.8, 4) is 0 Å². The minimum atomic E-state index is -4.17. The number of rotatable bonds is 0. The smallest absolute Gasteiger partial charge is 0.365 e. The molecule has 0 unspecified atom stereocenters. The van der Waals surface area contributed by atoms with Crippen LogP contribution < -0.4 is 0 Å². The third-order valence-corrected chi connectivity index (χ3v) is 8.58. The Kier molecular flexibility index (Phi) is 3.80. The topological polar surface area (TPSA) is 57.5 Å². The molecule has 0 aromatic rings. The lowest BCUT2D eigenvalue weighted by Gasteiger charge is -2.60. The van der Waals surface area contributed by atoms with Gasteiger partial charge in [0.25, 0.3) is 0 Å². The van der Waals surface area contributed by atoms with Gasteiger partial charge in [0.05, 0.1) is 12.3 Å². The zero-order chi connectivity index (χ0) is 19.1. The molecule has 4 aliphatic rings. The summed E-state index contributed by atoms with van der Waals surface area (Å²) in [6.45, 7) is 3.60. The van der Waals surface area contributed by atoms with Gasteiger partial charge in [0.15, 0.2) is 11.6 Å². The summed E-state index contributed by atoms with van der Waals surface area (Å²) in [6, 6.07) is 0. The predicted octanol–water partition coefficient (Wildman–Crippen LogP) is 3.99. The van der Waals surface area contributed by atoms with E-state index in [1.807, 2.05) is 0 Å². The van der Waals surface area contributed by atoms with E-state index in [0.717, 1.165) is 12.0 Å². The van der Waals surface area contributed by atoms with Gasteiger partial charge in [-0.25, -0.2) is 0 Å². The van der Waals surface area contributed by atoms with E-state index >= 15 is 0 Å². The molecule has 0 aromatic heterocycles. The van der Waals surface area contributed by atoms with E-state index in [9.17, 15) is 28.2 Å². The highest BCUT2D eigenvalue weighted by molar-refractivity contribution is 5.92. The van der Waals surface area contributed by atoms with Gasteiger partial charge >= 0.3 is 6.18 Å². The highest BCUT2D eigenvalue weighted by Crippen LogP contribution is 2.69. The number of hydrogen-bond donors (Lipinski definition) is 2. The standard InChI is InChI=1S/C20H27F3O3/c1-17-8-7-15-13(14(17)5-6-16(17)20(21,22)23)4-3-11-9-12(24)10-19(25,26)18(11,15)2/h9,13-16,25-26H,3-8,10H2,1-2H3/t13-,14-,15-,16+,17-,18-/m0/s1. The molecule has 0 heterocycles. The van der Waals surface area contributed by atoms with E-state index in [4.69, 9.17) is 0 Å². The van der Waals surface area contributed by atoms with Crippen molar-refractivity contribution < 1.29 is 28.2 Å². The van der Waals surface area contributed by atoms with Crippen LogP contribution in [0.3, 0.4) is 0 Å². The summed E-state index contributed by atoms with van der Waals surface area (Å²) < 4.78 is 40.8. The first kappa shape index (κ1) is 18.5. The molecule has 0 saturated heterocycles. The van der Waals surface area contributed by atoms with Gasteiger partial charge in [-0.1, -0.05) is 19.4 Å². The minimum Gasteiger partial charge on any atom is -0.365 e. The lowest BCUT2D eigenvalue weighted by atomic mass is 9.45. The third-order valence-electron chi connectivity index (χ3n) is 8.58. The van der Waals surface area contributed by atoms with Gasteiger partial charge in [0, 0.05) is 5.41 Å². The Bertz CT molecular complexity index is 668. The Balaban J connectivity index is 1.72. The number of aliphatic hydroxyl groups is 2. The van der Waals surface area contributed by atoms with Crippen molar-refractivity contribution in [2.45, 2.75) is 70.8 Å². The van der Waals surface area contributed by atoms with Gasteiger partial charge in [-0.3, -0.25) is 4.79 Å². The number of carbonyl (C=O) groups excluding carboxylic acids is 1. The van der Waals surface area contributed by atoms with Crippen LogP contribution in [0.1, 0.15) is 58.8 Å². The average Bonchev–Trinajstić information content (AvgIpc) is 2.85. The molecule has 3 fully saturated rings. The zero-order valence-corrected chi connectivity index (χ0v) is 15.3. The van der Waals surface area contributed by atoms with Crippen LogP contribution in [-0.2, 0) is 4.79 Å². The second-order valence-electron chi connectivity index (χ2n) is 9.46. The second kappa shape index (κ2) is 5.34. The van der Waals surface area contributed by atoms with Crippen LogP contribution >= 0.6 is 0 Å². The second-order valence-corrected chi connectivity index (χ2v) is 9.46.